The van der Waals surface area contributed by atoms with Gasteiger partial charge in [-0.05, 0) is 11.3 Å². The number of pyridine rings is 1. The summed E-state index contributed by atoms with van der Waals surface area (Å²) in [6.07, 6.45) is 3.46. The third kappa shape index (κ3) is 2.51. The van der Waals surface area contributed by atoms with Crippen molar-refractivity contribution < 1.29 is 0 Å². The minimum absolute atomic E-state index is 0.0183. The Kier molecular flexibility index (Phi) is 3.88. The number of fused-ring (bicyclic) bond motifs is 1. The topological polar surface area (TPSA) is 51.6 Å². The second kappa shape index (κ2) is 4.96. The molecule has 0 atom stereocenters. The van der Waals surface area contributed by atoms with Crippen molar-refractivity contribution >= 4 is 10.9 Å². The lowest BCUT2D eigenvalue weighted by molar-refractivity contribution is 0.559. The number of hydrogen-bond acceptors (Lipinski definition) is 4. The summed E-state index contributed by atoms with van der Waals surface area (Å²) in [5, 5.41) is 12.8. The molecule has 2 heterocycles. The maximum absolute atomic E-state index is 4.09. The van der Waals surface area contributed by atoms with Crippen LogP contribution in [-0.4, -0.2) is 20.4 Å². The van der Waals surface area contributed by atoms with Crippen LogP contribution in [0.5, 0.6) is 0 Å². The molecule has 0 aromatic carbocycles. The van der Waals surface area contributed by atoms with Gasteiger partial charge in [0.15, 0.2) is 0 Å². The van der Waals surface area contributed by atoms with Crippen molar-refractivity contribution in [2.24, 2.45) is 0 Å². The average molecular weight is 218 g/mol. The van der Waals surface area contributed by atoms with E-state index in [4.69, 9.17) is 0 Å². The van der Waals surface area contributed by atoms with Crippen LogP contribution in [0.2, 0.25) is 0 Å². The highest BCUT2D eigenvalue weighted by molar-refractivity contribution is 5.79. The first-order valence-corrected chi connectivity index (χ1v) is 5.52. The molecule has 0 spiro atoms. The van der Waals surface area contributed by atoms with Crippen LogP contribution < -0.4 is 0 Å². The third-order valence-corrected chi connectivity index (χ3v) is 2.06. The second-order valence-electron chi connectivity index (χ2n) is 4.28. The first-order valence-electron chi connectivity index (χ1n) is 5.52. The molecule has 0 aliphatic rings. The Morgan fingerprint density at radius 2 is 1.75 bits per heavy atom. The quantitative estimate of drug-likeness (QED) is 0.682. The number of aromatic nitrogens is 4. The summed E-state index contributed by atoms with van der Waals surface area (Å²) in [5.74, 6) is 0. The van der Waals surface area contributed by atoms with Gasteiger partial charge in [0.1, 0.15) is 5.52 Å². The van der Waals surface area contributed by atoms with E-state index in [1.807, 2.05) is 19.9 Å². The highest BCUT2D eigenvalue weighted by Crippen LogP contribution is 2.25. The fourth-order valence-electron chi connectivity index (χ4n) is 1.39. The lowest BCUT2D eigenvalue weighted by atomic mass is 9.90. The summed E-state index contributed by atoms with van der Waals surface area (Å²) in [7, 11) is 0. The first-order chi connectivity index (χ1) is 7.59. The van der Waals surface area contributed by atoms with Gasteiger partial charge in [-0.15, -0.1) is 10.2 Å². The zero-order chi connectivity index (χ0) is 12.2. The molecular weight excluding hydrogens is 200 g/mol. The van der Waals surface area contributed by atoms with Crippen LogP contribution >= 0.6 is 0 Å². The van der Waals surface area contributed by atoms with E-state index in [0.717, 1.165) is 16.6 Å². The molecule has 2 rings (SSSR count). The second-order valence-corrected chi connectivity index (χ2v) is 4.28. The Morgan fingerprint density at radius 3 is 2.38 bits per heavy atom. The van der Waals surface area contributed by atoms with Gasteiger partial charge in [-0.3, -0.25) is 4.98 Å². The van der Waals surface area contributed by atoms with E-state index in [2.05, 4.69) is 41.2 Å². The van der Waals surface area contributed by atoms with E-state index in [9.17, 15) is 0 Å². The molecule has 0 saturated heterocycles. The van der Waals surface area contributed by atoms with E-state index >= 15 is 0 Å². The SMILES string of the molecule is CC.CC(C)(C)c1nnnc2cnccc12. The van der Waals surface area contributed by atoms with E-state index < -0.39 is 0 Å². The Morgan fingerprint density at radius 1 is 1.06 bits per heavy atom. The largest absolute Gasteiger partial charge is 0.262 e. The summed E-state index contributed by atoms with van der Waals surface area (Å²) in [6, 6.07) is 1.93. The molecule has 2 aromatic rings. The summed E-state index contributed by atoms with van der Waals surface area (Å²) in [4.78, 5) is 4.01. The van der Waals surface area contributed by atoms with Crippen molar-refractivity contribution in [2.45, 2.75) is 40.0 Å². The van der Waals surface area contributed by atoms with E-state index in [1.54, 1.807) is 12.4 Å². The zero-order valence-electron chi connectivity index (χ0n) is 10.5. The molecule has 0 aliphatic carbocycles. The van der Waals surface area contributed by atoms with Crippen molar-refractivity contribution in [3.8, 4) is 0 Å². The smallest absolute Gasteiger partial charge is 0.115 e. The van der Waals surface area contributed by atoms with Gasteiger partial charge < -0.3 is 0 Å². The summed E-state index contributed by atoms with van der Waals surface area (Å²) in [5.41, 5.74) is 1.74. The standard InChI is InChI=1S/C10H12N4.C2H6/c1-10(2,3)9-7-4-5-11-6-8(7)12-14-13-9;1-2/h4-6H,1-3H3;1-2H3. The van der Waals surface area contributed by atoms with Gasteiger partial charge in [-0.25, -0.2) is 0 Å². The van der Waals surface area contributed by atoms with Gasteiger partial charge in [0.25, 0.3) is 0 Å². The average Bonchev–Trinajstić information content (AvgIpc) is 2.30. The molecule has 0 saturated carbocycles. The van der Waals surface area contributed by atoms with E-state index in [-0.39, 0.29) is 5.41 Å². The number of nitrogens with zero attached hydrogens (tertiary/aromatic N) is 4. The van der Waals surface area contributed by atoms with E-state index in [0.29, 0.717) is 0 Å². The van der Waals surface area contributed by atoms with Crippen molar-refractivity contribution in [2.75, 3.05) is 0 Å². The number of hydrogen-bond donors (Lipinski definition) is 0. The molecule has 0 bridgehead atoms. The Balaban J connectivity index is 0.000000606. The van der Waals surface area contributed by atoms with Crippen LogP contribution in [0.15, 0.2) is 18.5 Å². The highest BCUT2D eigenvalue weighted by Gasteiger charge is 2.19. The number of rotatable bonds is 0. The van der Waals surface area contributed by atoms with Gasteiger partial charge in [-0.1, -0.05) is 34.6 Å². The Labute approximate surface area is 96.1 Å². The van der Waals surface area contributed by atoms with Crippen LogP contribution in [-0.2, 0) is 5.41 Å². The van der Waals surface area contributed by atoms with Gasteiger partial charge in [0.05, 0.1) is 11.9 Å². The maximum Gasteiger partial charge on any atom is 0.115 e. The molecule has 0 aliphatic heterocycles. The predicted octanol–water partition coefficient (Wildman–Crippen LogP) is 2.74. The molecule has 0 unspecified atom stereocenters. The van der Waals surface area contributed by atoms with Gasteiger partial charge >= 0.3 is 0 Å². The van der Waals surface area contributed by atoms with E-state index in [1.165, 1.54) is 0 Å². The minimum atomic E-state index is -0.0183. The van der Waals surface area contributed by atoms with Crippen LogP contribution in [0.3, 0.4) is 0 Å². The fraction of sp³-hybridized carbons (Fsp3) is 0.500. The molecule has 0 amide bonds. The van der Waals surface area contributed by atoms with Gasteiger partial charge in [0.2, 0.25) is 0 Å². The molecule has 0 fully saturated rings. The van der Waals surface area contributed by atoms with Crippen LogP contribution in [0.1, 0.15) is 40.3 Å². The first kappa shape index (κ1) is 12.5. The lowest BCUT2D eigenvalue weighted by Crippen LogP contribution is -2.15. The molecule has 4 heteroatoms. The highest BCUT2D eigenvalue weighted by atomic mass is 15.3. The molecule has 0 N–H and O–H groups in total. The van der Waals surface area contributed by atoms with Crippen LogP contribution in [0.25, 0.3) is 10.9 Å². The van der Waals surface area contributed by atoms with Gasteiger partial charge in [-0.2, -0.15) is 0 Å². The van der Waals surface area contributed by atoms with Crippen molar-refractivity contribution in [1.29, 1.82) is 0 Å². The fourth-order valence-corrected chi connectivity index (χ4v) is 1.39. The monoisotopic (exact) mass is 218 g/mol. The third-order valence-electron chi connectivity index (χ3n) is 2.06. The maximum atomic E-state index is 4.09. The lowest BCUT2D eigenvalue weighted by Gasteiger charge is -2.17. The summed E-state index contributed by atoms with van der Waals surface area (Å²) >= 11 is 0. The van der Waals surface area contributed by atoms with Gasteiger partial charge in [0, 0.05) is 17.0 Å². The molecule has 86 valence electrons. The molecular formula is C12H18N4. The minimum Gasteiger partial charge on any atom is -0.262 e. The molecule has 16 heavy (non-hydrogen) atoms. The molecule has 0 radical (unpaired) electrons. The van der Waals surface area contributed by atoms with Crippen LogP contribution in [0, 0.1) is 0 Å². The Hall–Kier alpha value is -1.58. The van der Waals surface area contributed by atoms with Crippen molar-refractivity contribution in [3.05, 3.63) is 24.2 Å². The van der Waals surface area contributed by atoms with Crippen molar-refractivity contribution in [1.82, 2.24) is 20.4 Å². The van der Waals surface area contributed by atoms with Crippen LogP contribution in [0.4, 0.5) is 0 Å². The normalized spacial score (nSPS) is 10.8. The predicted molar refractivity (Wildman–Crippen MR) is 65.2 cm³/mol. The Bertz CT molecular complexity index is 455. The zero-order valence-corrected chi connectivity index (χ0v) is 10.5. The summed E-state index contributed by atoms with van der Waals surface area (Å²) in [6.45, 7) is 10.3. The molecule has 4 nitrogen and oxygen atoms in total. The summed E-state index contributed by atoms with van der Waals surface area (Å²) < 4.78 is 0. The molecule has 2 aromatic heterocycles. The van der Waals surface area contributed by atoms with Crippen molar-refractivity contribution in [3.63, 3.8) is 0 Å².